The maximum absolute atomic E-state index is 6.62. The van der Waals surface area contributed by atoms with Gasteiger partial charge in [-0.05, 0) is 71.0 Å². The van der Waals surface area contributed by atoms with Crippen molar-refractivity contribution in [2.45, 2.75) is 122 Å². The van der Waals surface area contributed by atoms with Crippen LogP contribution in [0.4, 0.5) is 0 Å². The Morgan fingerprint density at radius 3 is 1.22 bits per heavy atom. The summed E-state index contributed by atoms with van der Waals surface area (Å²) in [6, 6.07) is 29.4. The molecule has 4 aromatic rings. The summed E-state index contributed by atoms with van der Waals surface area (Å²) in [6.45, 7) is 36.7. The van der Waals surface area contributed by atoms with Gasteiger partial charge in [0, 0.05) is 28.0 Å². The molecule has 2 nitrogen and oxygen atoms in total. The predicted octanol–water partition coefficient (Wildman–Crippen LogP) is 11.8. The molecule has 2 heterocycles. The monoisotopic (exact) mass is 798 g/mol. The fourth-order valence-electron chi connectivity index (χ4n) is 7.42. The van der Waals surface area contributed by atoms with Gasteiger partial charge in [-0.25, -0.2) is 0 Å². The number of hydrogen-bond acceptors (Lipinski definition) is 2. The number of nitrogens with zero attached hydrogens (tertiary/aromatic N) is 2. The molecular formula is C44H65BrClLiN2Si2+2. The van der Waals surface area contributed by atoms with E-state index < -0.39 is 15.5 Å². The van der Waals surface area contributed by atoms with Gasteiger partial charge in [0.2, 0.25) is 7.38 Å². The molecule has 0 aliphatic carbocycles. The SMILES string of the molecule is Brc1ccc(-c2ccccn2)cc1.CC(C)[Si](c1ccc(-c2ccccn2)cc1)(C(C)C)C(C)C.[CH2+]C(C)[Si](Cl)(C(C)C)C(C)C.[CH2+]CC[CH2-].[Li+]. The molecule has 0 aliphatic rings. The molecule has 0 spiro atoms. The molecule has 0 saturated carbocycles. The number of hydrogen-bond donors (Lipinski definition) is 0. The predicted molar refractivity (Wildman–Crippen MR) is 234 cm³/mol. The van der Waals surface area contributed by atoms with Crippen LogP contribution in [-0.4, -0.2) is 25.4 Å². The van der Waals surface area contributed by atoms with Gasteiger partial charge in [0.05, 0.1) is 45.3 Å². The minimum Gasteiger partial charge on any atom is -0.339 e. The van der Waals surface area contributed by atoms with Gasteiger partial charge in [0.1, 0.15) is 0 Å². The molecule has 0 amide bonds. The summed E-state index contributed by atoms with van der Waals surface area (Å²) in [5, 5.41) is 1.59. The van der Waals surface area contributed by atoms with Crippen molar-refractivity contribution in [3.8, 4) is 22.5 Å². The van der Waals surface area contributed by atoms with E-state index in [1.807, 2.05) is 60.8 Å². The van der Waals surface area contributed by atoms with Crippen molar-refractivity contribution in [2.75, 3.05) is 0 Å². The molecule has 0 saturated heterocycles. The van der Waals surface area contributed by atoms with E-state index in [0.717, 1.165) is 50.9 Å². The van der Waals surface area contributed by atoms with Crippen LogP contribution in [0.2, 0.25) is 33.2 Å². The Balaban J connectivity index is 0.000000738. The Hall–Kier alpha value is -1.72. The van der Waals surface area contributed by atoms with Crippen LogP contribution in [0.3, 0.4) is 0 Å². The second kappa shape index (κ2) is 24.6. The van der Waals surface area contributed by atoms with Crippen LogP contribution >= 0.6 is 27.0 Å². The third-order valence-electron chi connectivity index (χ3n) is 9.79. The van der Waals surface area contributed by atoms with Crippen molar-refractivity contribution in [2.24, 2.45) is 0 Å². The Kier molecular flexibility index (Phi) is 23.7. The summed E-state index contributed by atoms with van der Waals surface area (Å²) in [4.78, 5) is 8.72. The summed E-state index contributed by atoms with van der Waals surface area (Å²) in [7, 11) is -3.17. The molecule has 0 fully saturated rings. The van der Waals surface area contributed by atoms with Crippen LogP contribution < -0.4 is 24.0 Å². The Bertz CT molecular complexity index is 1400. The standard InChI is InChI=1S/C20H29NSi.C11H8BrN.C9H20ClSi.C4H8.Li/c1-15(2)22(16(3)4,17(5)6)19-12-10-18(11-13-19)20-9-7-8-14-21-20;12-10-6-4-9(5-7-10)11-3-1-2-8-13-11;1-7(2)11(10,8(3)4)9(5)6;1-3-4-2;/h7-17H,1-6H3;1-8H;7-9H,1H2,2-6H3;1-4H2;/q;;+1;;+1. The Morgan fingerprint density at radius 2 is 0.980 bits per heavy atom. The fraction of sp³-hybridized carbons (Fsp3) is 0.432. The van der Waals surface area contributed by atoms with Crippen molar-refractivity contribution < 1.29 is 18.9 Å². The summed E-state index contributed by atoms with van der Waals surface area (Å²) >= 11 is 10.0. The zero-order valence-electron chi connectivity index (χ0n) is 33.9. The van der Waals surface area contributed by atoms with Gasteiger partial charge >= 0.3 is 18.9 Å². The second-order valence-corrected chi connectivity index (χ2v) is 28.4. The van der Waals surface area contributed by atoms with Crippen molar-refractivity contribution >= 4 is 47.7 Å². The molecule has 1 unspecified atom stereocenters. The summed E-state index contributed by atoms with van der Waals surface area (Å²) in [5.74, 6) is 0. The third kappa shape index (κ3) is 14.2. The van der Waals surface area contributed by atoms with E-state index in [9.17, 15) is 0 Å². The zero-order valence-corrected chi connectivity index (χ0v) is 38.2. The molecule has 272 valence electrons. The number of benzene rings is 2. The average Bonchev–Trinajstić information content (AvgIpc) is 3.09. The molecule has 4 rings (SSSR count). The first-order chi connectivity index (χ1) is 23.5. The van der Waals surface area contributed by atoms with E-state index in [0.29, 0.717) is 16.6 Å². The van der Waals surface area contributed by atoms with E-state index in [-0.39, 0.29) is 18.9 Å². The molecule has 7 heteroatoms. The van der Waals surface area contributed by atoms with Gasteiger partial charge in [-0.2, -0.15) is 11.1 Å². The summed E-state index contributed by atoms with van der Waals surface area (Å²) < 4.78 is 1.09. The molecule has 2 aromatic heterocycles. The molecule has 51 heavy (non-hydrogen) atoms. The Labute approximate surface area is 341 Å². The Morgan fingerprint density at radius 1 is 0.627 bits per heavy atom. The molecule has 0 bridgehead atoms. The maximum atomic E-state index is 6.62. The smallest absolute Gasteiger partial charge is 0.339 e. The van der Waals surface area contributed by atoms with Crippen molar-refractivity contribution in [3.63, 3.8) is 0 Å². The summed E-state index contributed by atoms with van der Waals surface area (Å²) in [6.07, 6.45) is 5.58. The average molecular weight is 800 g/mol. The normalized spacial score (nSPS) is 11.9. The first-order valence-corrected chi connectivity index (χ1v) is 24.6. The topological polar surface area (TPSA) is 25.8 Å². The minimum atomic E-state index is -1.62. The molecule has 0 N–H and O–H groups in total. The van der Waals surface area contributed by atoms with Crippen molar-refractivity contribution in [1.29, 1.82) is 0 Å². The van der Waals surface area contributed by atoms with E-state index in [1.54, 1.807) is 11.4 Å². The fourth-order valence-corrected chi connectivity index (χ4v) is 18.0. The van der Waals surface area contributed by atoms with E-state index >= 15 is 0 Å². The van der Waals surface area contributed by atoms with E-state index in [1.165, 1.54) is 5.56 Å². The molecule has 2 aromatic carbocycles. The molecule has 0 radical (unpaired) electrons. The third-order valence-corrected chi connectivity index (χ3v) is 26.2. The number of halogens is 2. The first-order valence-electron chi connectivity index (χ1n) is 18.3. The van der Waals surface area contributed by atoms with Gasteiger partial charge in [-0.1, -0.05) is 139 Å². The van der Waals surface area contributed by atoms with Crippen LogP contribution in [-0.2, 0) is 0 Å². The number of unbranched alkanes of at least 4 members (excludes halogenated alkanes) is 1. The van der Waals surface area contributed by atoms with E-state index in [2.05, 4.69) is 153 Å². The van der Waals surface area contributed by atoms with E-state index in [4.69, 9.17) is 11.1 Å². The summed E-state index contributed by atoms with van der Waals surface area (Å²) in [5.41, 5.74) is 8.33. The quantitative estimate of drug-likeness (QED) is 0.0907. The van der Waals surface area contributed by atoms with Gasteiger partial charge in [-0.3, -0.25) is 9.97 Å². The van der Waals surface area contributed by atoms with Gasteiger partial charge in [0.25, 0.3) is 0 Å². The second-order valence-electron chi connectivity index (χ2n) is 14.7. The van der Waals surface area contributed by atoms with Crippen molar-refractivity contribution in [1.82, 2.24) is 9.97 Å². The minimum absolute atomic E-state index is 0. The van der Waals surface area contributed by atoms with Gasteiger partial charge < -0.3 is 6.92 Å². The van der Waals surface area contributed by atoms with Crippen LogP contribution in [0.1, 0.15) is 89.0 Å². The molecule has 0 aliphatic heterocycles. The van der Waals surface area contributed by atoms with Crippen LogP contribution in [0.25, 0.3) is 22.5 Å². The van der Waals surface area contributed by atoms with Crippen LogP contribution in [0.5, 0.6) is 0 Å². The number of pyridine rings is 2. The maximum Gasteiger partial charge on any atom is 1.00 e. The van der Waals surface area contributed by atoms with Crippen LogP contribution in [0.15, 0.2) is 102 Å². The van der Waals surface area contributed by atoms with Crippen LogP contribution in [0, 0.1) is 20.8 Å². The number of rotatable bonds is 10. The number of aromatic nitrogens is 2. The van der Waals surface area contributed by atoms with Crippen molar-refractivity contribution in [3.05, 3.63) is 123 Å². The molecule has 1 atom stereocenters. The molecular weight excluding hydrogens is 735 g/mol. The van der Waals surface area contributed by atoms with Gasteiger partial charge in [0.15, 0.2) is 0 Å². The first kappa shape index (κ1) is 49.3. The zero-order chi connectivity index (χ0) is 38.1. The largest absolute Gasteiger partial charge is 1.00 e. The van der Waals surface area contributed by atoms with Gasteiger partial charge in [-0.15, -0.1) is 6.42 Å².